The Balaban J connectivity index is 3.42. The van der Waals surface area contributed by atoms with Crippen molar-refractivity contribution in [1.82, 2.24) is 9.55 Å². The highest BCUT2D eigenvalue weighted by atomic mass is 35.5. The average molecular weight is 306 g/mol. The number of hydrogen-bond donors (Lipinski definition) is 3. The van der Waals surface area contributed by atoms with Gasteiger partial charge in [-0.2, -0.15) is 4.98 Å². The van der Waals surface area contributed by atoms with E-state index in [2.05, 4.69) is 4.98 Å². The van der Waals surface area contributed by atoms with E-state index in [4.69, 9.17) is 33.6 Å². The number of aliphatic hydroxyl groups excluding tert-OH is 2. The lowest BCUT2D eigenvalue weighted by molar-refractivity contribution is -0.0622. The van der Waals surface area contributed by atoms with Crippen molar-refractivity contribution < 1.29 is 19.3 Å². The van der Waals surface area contributed by atoms with Crippen molar-refractivity contribution in [2.75, 3.05) is 19.5 Å². The van der Waals surface area contributed by atoms with E-state index in [0.29, 0.717) is 10.8 Å². The van der Waals surface area contributed by atoms with E-state index < -0.39 is 41.1 Å². The highest BCUT2D eigenvalue weighted by molar-refractivity contribution is 6.24. The number of nitrogens with two attached hydrogens (primary N) is 1. The molecule has 1 heterocycles. The van der Waals surface area contributed by atoms with Crippen LogP contribution < -0.4 is 11.4 Å². The van der Waals surface area contributed by atoms with Crippen molar-refractivity contribution in [3.8, 4) is 12.3 Å². The van der Waals surface area contributed by atoms with E-state index >= 15 is 0 Å². The Morgan fingerprint density at radius 3 is 2.85 bits per heavy atom. The van der Waals surface area contributed by atoms with Crippen LogP contribution in [0.5, 0.6) is 0 Å². The number of alkyl halides is 1. The van der Waals surface area contributed by atoms with Crippen LogP contribution in [-0.4, -0.2) is 45.7 Å². The summed E-state index contributed by atoms with van der Waals surface area (Å²) in [6.45, 7) is -0.618. The maximum atomic E-state index is 13.4. The zero-order valence-corrected chi connectivity index (χ0v) is 11.2. The number of nitrogens with zero attached hydrogens (tertiary/aromatic N) is 2. The van der Waals surface area contributed by atoms with Gasteiger partial charge >= 0.3 is 5.69 Å². The molecule has 0 fully saturated rings. The molecule has 1 rings (SSSR count). The Morgan fingerprint density at radius 1 is 1.80 bits per heavy atom. The average Bonchev–Trinajstić information content (AvgIpc) is 2.43. The number of methoxy groups -OCH3 is 1. The molecule has 1 aromatic rings. The second kappa shape index (κ2) is 6.19. The van der Waals surface area contributed by atoms with E-state index in [1.165, 1.54) is 7.11 Å². The largest absolute Gasteiger partial charge is 0.394 e. The van der Waals surface area contributed by atoms with Crippen molar-refractivity contribution in [3.05, 3.63) is 22.5 Å². The second-order valence-corrected chi connectivity index (χ2v) is 4.42. The normalized spacial score (nSPS) is 17.0. The lowest BCUT2D eigenvalue weighted by Gasteiger charge is -2.32. The topological polar surface area (TPSA) is 111 Å². The zero-order chi connectivity index (χ0) is 15.5. The molecule has 1 aromatic heterocycles. The van der Waals surface area contributed by atoms with Gasteiger partial charge in [0.2, 0.25) is 5.00 Å². The van der Waals surface area contributed by atoms with E-state index in [0.717, 1.165) is 0 Å². The molecule has 2 unspecified atom stereocenters. The van der Waals surface area contributed by atoms with Crippen LogP contribution in [0.15, 0.2) is 11.0 Å². The van der Waals surface area contributed by atoms with Gasteiger partial charge in [-0.1, -0.05) is 17.5 Å². The molecule has 0 spiro atoms. The first-order valence-electron chi connectivity index (χ1n) is 5.35. The van der Waals surface area contributed by atoms with E-state index in [1.54, 1.807) is 0 Å². The Kier molecular flexibility index (Phi) is 5.08. The summed E-state index contributed by atoms with van der Waals surface area (Å²) >= 11 is 6.02. The van der Waals surface area contributed by atoms with Crippen molar-refractivity contribution in [1.29, 1.82) is 0 Å². The summed E-state index contributed by atoms with van der Waals surface area (Å²) in [5.41, 5.74) is 4.09. The number of ether oxygens (including phenoxy) is 1. The first-order valence-corrected chi connectivity index (χ1v) is 5.73. The van der Waals surface area contributed by atoms with Crippen LogP contribution in [0.2, 0.25) is 0 Å². The fourth-order valence-corrected chi connectivity index (χ4v) is 1.79. The van der Waals surface area contributed by atoms with Gasteiger partial charge in [0.05, 0.1) is 12.8 Å². The van der Waals surface area contributed by atoms with Gasteiger partial charge < -0.3 is 20.7 Å². The molecule has 0 aliphatic rings. The second-order valence-electron chi connectivity index (χ2n) is 3.85. The maximum Gasteiger partial charge on any atom is 0.352 e. The van der Waals surface area contributed by atoms with Crippen LogP contribution in [0.25, 0.3) is 0 Å². The molecule has 0 aromatic carbocycles. The van der Waals surface area contributed by atoms with Crippen LogP contribution in [0.1, 0.15) is 0 Å². The maximum absolute atomic E-state index is 13.4. The lowest BCUT2D eigenvalue weighted by Crippen LogP contribution is -2.52. The molecule has 0 saturated carbocycles. The number of halogens is 2. The molecule has 0 saturated heterocycles. The van der Waals surface area contributed by atoms with Gasteiger partial charge in [-0.15, -0.1) is 6.42 Å². The molecule has 9 heteroatoms. The molecule has 4 N–H and O–H groups in total. The number of terminal acetylenes is 1. The smallest absolute Gasteiger partial charge is 0.352 e. The summed E-state index contributed by atoms with van der Waals surface area (Å²) in [5.74, 6) is 0.316. The van der Waals surface area contributed by atoms with Gasteiger partial charge in [0, 0.05) is 7.11 Å². The number of nitrogen functional groups attached to an aromatic ring is 1. The summed E-state index contributed by atoms with van der Waals surface area (Å²) in [7, 11) is 1.20. The minimum Gasteiger partial charge on any atom is -0.394 e. The summed E-state index contributed by atoms with van der Waals surface area (Å²) in [4.78, 5) is 12.7. The van der Waals surface area contributed by atoms with Gasteiger partial charge in [0.1, 0.15) is 12.2 Å². The summed E-state index contributed by atoms with van der Waals surface area (Å²) < 4.78 is 18.7. The predicted molar refractivity (Wildman–Crippen MR) is 69.4 cm³/mol. The SMILES string of the molecule is C#C[C@@](Cl)(C(O)C(CO)OC)n1cc(F)c(N)nc1=O. The number of aromatic nitrogens is 2. The van der Waals surface area contributed by atoms with Gasteiger partial charge in [-0.25, -0.2) is 9.18 Å². The molecule has 110 valence electrons. The van der Waals surface area contributed by atoms with E-state index in [9.17, 15) is 14.3 Å². The Hall–Kier alpha value is -1.66. The van der Waals surface area contributed by atoms with Gasteiger partial charge in [0.15, 0.2) is 11.6 Å². The third kappa shape index (κ3) is 2.76. The molecule has 0 amide bonds. The fourth-order valence-electron chi connectivity index (χ4n) is 1.53. The van der Waals surface area contributed by atoms with Crippen LogP contribution in [0, 0.1) is 18.2 Å². The monoisotopic (exact) mass is 305 g/mol. The zero-order valence-electron chi connectivity index (χ0n) is 10.5. The molecule has 0 aliphatic heterocycles. The Morgan fingerprint density at radius 2 is 2.40 bits per heavy atom. The highest BCUT2D eigenvalue weighted by Gasteiger charge is 2.42. The minimum atomic E-state index is -2.19. The summed E-state index contributed by atoms with van der Waals surface area (Å²) in [6, 6.07) is 0. The van der Waals surface area contributed by atoms with E-state index in [1.807, 2.05) is 5.92 Å². The summed E-state index contributed by atoms with van der Waals surface area (Å²) in [5, 5.41) is 19.1. The quantitative estimate of drug-likeness (QED) is 0.468. The van der Waals surface area contributed by atoms with Gasteiger partial charge in [0.25, 0.3) is 0 Å². The van der Waals surface area contributed by atoms with Gasteiger partial charge in [-0.3, -0.25) is 4.57 Å². The molecular formula is C11H13ClFN3O4. The number of hydrogen-bond acceptors (Lipinski definition) is 6. The number of aliphatic hydroxyl groups is 2. The van der Waals surface area contributed by atoms with Crippen molar-refractivity contribution in [3.63, 3.8) is 0 Å². The van der Waals surface area contributed by atoms with E-state index in [-0.39, 0.29) is 0 Å². The molecule has 7 nitrogen and oxygen atoms in total. The minimum absolute atomic E-state index is 0.507. The van der Waals surface area contributed by atoms with Crippen LogP contribution in [0.3, 0.4) is 0 Å². The number of anilines is 1. The first-order chi connectivity index (χ1) is 9.31. The number of rotatable bonds is 5. The van der Waals surface area contributed by atoms with Gasteiger partial charge in [-0.05, 0) is 0 Å². The lowest BCUT2D eigenvalue weighted by atomic mass is 10.1. The highest BCUT2D eigenvalue weighted by Crippen LogP contribution is 2.27. The molecule has 0 radical (unpaired) electrons. The Labute approximate surface area is 118 Å². The third-order valence-corrected chi connectivity index (χ3v) is 3.20. The predicted octanol–water partition coefficient (Wildman–Crippen LogP) is -1.14. The van der Waals surface area contributed by atoms with Crippen LogP contribution in [-0.2, 0) is 9.73 Å². The summed E-state index contributed by atoms with van der Waals surface area (Å²) in [6.07, 6.45) is 2.97. The molecule has 0 aliphatic carbocycles. The van der Waals surface area contributed by atoms with Crippen molar-refractivity contribution in [2.24, 2.45) is 0 Å². The van der Waals surface area contributed by atoms with Crippen molar-refractivity contribution >= 4 is 17.4 Å². The molecular weight excluding hydrogens is 293 g/mol. The molecule has 20 heavy (non-hydrogen) atoms. The van der Waals surface area contributed by atoms with Crippen LogP contribution >= 0.6 is 11.6 Å². The van der Waals surface area contributed by atoms with Crippen molar-refractivity contribution in [2.45, 2.75) is 17.2 Å². The standard InChI is InChI=1S/C11H13ClFN3O4/c1-3-11(12,8(18)7(5-17)20-2)16-4-6(13)9(14)15-10(16)19/h1,4,7-8,17-18H,5H2,2H3,(H2,14,15,19)/t7?,8?,11-/m0/s1. The van der Waals surface area contributed by atoms with Crippen LogP contribution in [0.4, 0.5) is 10.2 Å². The molecule has 3 atom stereocenters. The first kappa shape index (κ1) is 16.4. The Bertz CT molecular complexity index is 584. The molecule has 0 bridgehead atoms. The fraction of sp³-hybridized carbons (Fsp3) is 0.455. The third-order valence-electron chi connectivity index (χ3n) is 2.69.